The molecule has 0 aromatic heterocycles. The van der Waals surface area contributed by atoms with Gasteiger partial charge in [-0.05, 0) is 43.4 Å². The lowest BCUT2D eigenvalue weighted by Gasteiger charge is -2.37. The third-order valence-corrected chi connectivity index (χ3v) is 4.67. The summed E-state index contributed by atoms with van der Waals surface area (Å²) in [5, 5.41) is 9.03. The Morgan fingerprint density at radius 3 is 2.65 bits per heavy atom. The number of benzene rings is 1. The van der Waals surface area contributed by atoms with E-state index in [0.717, 1.165) is 19.4 Å². The second-order valence-electron chi connectivity index (χ2n) is 5.94. The van der Waals surface area contributed by atoms with E-state index < -0.39 is 0 Å². The molecule has 2 unspecified atom stereocenters. The number of nitriles is 1. The normalized spacial score (nSPS) is 29.1. The highest BCUT2D eigenvalue weighted by molar-refractivity contribution is 5.45. The lowest BCUT2D eigenvalue weighted by atomic mass is 9.97. The highest BCUT2D eigenvalue weighted by atomic mass is 16.5. The smallest absolute Gasteiger partial charge is 0.136 e. The van der Waals surface area contributed by atoms with Crippen molar-refractivity contribution in [3.05, 3.63) is 29.3 Å². The molecule has 20 heavy (non-hydrogen) atoms. The summed E-state index contributed by atoms with van der Waals surface area (Å²) in [5.74, 6) is 0.672. The van der Waals surface area contributed by atoms with Crippen LogP contribution in [0.25, 0.3) is 0 Å². The molecule has 2 aliphatic heterocycles. The molecular weight excluding hydrogens is 250 g/mol. The van der Waals surface area contributed by atoms with Gasteiger partial charge in [-0.2, -0.15) is 5.26 Å². The Morgan fingerprint density at radius 2 is 2.05 bits per heavy atom. The molecule has 2 N–H and O–H groups in total. The Hall–Kier alpha value is -1.57. The monoisotopic (exact) mass is 271 g/mol. The number of fused-ring (bicyclic) bond motifs is 2. The van der Waals surface area contributed by atoms with Crippen LogP contribution in [0, 0.1) is 11.3 Å². The van der Waals surface area contributed by atoms with Crippen LogP contribution in [-0.2, 0) is 6.54 Å². The Balaban J connectivity index is 1.77. The molecule has 2 atom stereocenters. The predicted octanol–water partition coefficient (Wildman–Crippen LogP) is 2.02. The van der Waals surface area contributed by atoms with Crippen LogP contribution in [0.5, 0.6) is 5.75 Å². The zero-order valence-electron chi connectivity index (χ0n) is 11.9. The second kappa shape index (κ2) is 5.43. The average Bonchev–Trinajstić information content (AvgIpc) is 2.70. The van der Waals surface area contributed by atoms with Gasteiger partial charge in [0.15, 0.2) is 0 Å². The molecule has 0 radical (unpaired) electrons. The maximum absolute atomic E-state index is 9.03. The lowest BCUT2D eigenvalue weighted by molar-refractivity contribution is 0.120. The van der Waals surface area contributed by atoms with Crippen molar-refractivity contribution < 1.29 is 4.74 Å². The average molecular weight is 271 g/mol. The molecule has 4 heteroatoms. The first-order chi connectivity index (χ1) is 9.71. The lowest BCUT2D eigenvalue weighted by Crippen LogP contribution is -2.46. The highest BCUT2D eigenvalue weighted by Gasteiger charge is 2.39. The minimum absolute atomic E-state index is 0.374. The van der Waals surface area contributed by atoms with Crippen LogP contribution in [0.1, 0.15) is 36.8 Å². The topological polar surface area (TPSA) is 62.3 Å². The largest absolute Gasteiger partial charge is 0.495 e. The quantitative estimate of drug-likeness (QED) is 0.913. The molecule has 2 saturated heterocycles. The number of ether oxygens (including phenoxy) is 1. The molecule has 0 amide bonds. The number of rotatable bonds is 3. The van der Waals surface area contributed by atoms with Crippen LogP contribution in [0.4, 0.5) is 0 Å². The third kappa shape index (κ3) is 2.39. The molecule has 0 saturated carbocycles. The molecule has 0 aliphatic carbocycles. The fraction of sp³-hybridized carbons (Fsp3) is 0.562. The summed E-state index contributed by atoms with van der Waals surface area (Å²) in [6.45, 7) is 0.935. The molecule has 0 spiro atoms. The van der Waals surface area contributed by atoms with Gasteiger partial charge in [-0.15, -0.1) is 0 Å². The summed E-state index contributed by atoms with van der Waals surface area (Å²) in [7, 11) is 1.61. The summed E-state index contributed by atoms with van der Waals surface area (Å²) in [4.78, 5) is 2.59. The number of nitrogens with two attached hydrogens (primary N) is 1. The molecule has 1 aromatic carbocycles. The van der Waals surface area contributed by atoms with Gasteiger partial charge in [-0.3, -0.25) is 4.90 Å². The number of hydrogen-bond acceptors (Lipinski definition) is 4. The first-order valence-electron chi connectivity index (χ1n) is 7.29. The zero-order chi connectivity index (χ0) is 14.1. The van der Waals surface area contributed by atoms with Gasteiger partial charge < -0.3 is 10.5 Å². The van der Waals surface area contributed by atoms with E-state index in [0.29, 0.717) is 29.4 Å². The molecule has 3 rings (SSSR count). The van der Waals surface area contributed by atoms with Gasteiger partial charge in [-0.1, -0.05) is 6.07 Å². The maximum atomic E-state index is 9.03. The molecule has 106 valence electrons. The molecule has 4 nitrogen and oxygen atoms in total. The van der Waals surface area contributed by atoms with Crippen LogP contribution < -0.4 is 10.5 Å². The Morgan fingerprint density at radius 1 is 1.35 bits per heavy atom. The van der Waals surface area contributed by atoms with Gasteiger partial charge in [0.25, 0.3) is 0 Å². The summed E-state index contributed by atoms with van der Waals surface area (Å²) >= 11 is 0. The minimum Gasteiger partial charge on any atom is -0.495 e. The van der Waals surface area contributed by atoms with Gasteiger partial charge in [0, 0.05) is 24.7 Å². The van der Waals surface area contributed by atoms with E-state index in [1.807, 2.05) is 18.2 Å². The van der Waals surface area contributed by atoms with Crippen molar-refractivity contribution in [2.75, 3.05) is 7.11 Å². The summed E-state index contributed by atoms with van der Waals surface area (Å²) in [5.41, 5.74) is 7.93. The first-order valence-corrected chi connectivity index (χ1v) is 7.29. The van der Waals surface area contributed by atoms with Crippen LogP contribution in [0.3, 0.4) is 0 Å². The van der Waals surface area contributed by atoms with Crippen molar-refractivity contribution >= 4 is 0 Å². The summed E-state index contributed by atoms with van der Waals surface area (Å²) < 4.78 is 5.29. The van der Waals surface area contributed by atoms with Crippen LogP contribution >= 0.6 is 0 Å². The summed E-state index contributed by atoms with van der Waals surface area (Å²) in [6.07, 6.45) is 4.77. The van der Waals surface area contributed by atoms with Crippen LogP contribution in [0.2, 0.25) is 0 Å². The zero-order valence-corrected chi connectivity index (χ0v) is 11.9. The van der Waals surface area contributed by atoms with Crippen LogP contribution in [-0.4, -0.2) is 30.1 Å². The van der Waals surface area contributed by atoms with Gasteiger partial charge in [-0.25, -0.2) is 0 Å². The molecule has 2 heterocycles. The number of methoxy groups -OCH3 is 1. The van der Waals surface area contributed by atoms with Gasteiger partial charge in [0.05, 0.1) is 12.7 Å². The fourth-order valence-electron chi connectivity index (χ4n) is 3.71. The van der Waals surface area contributed by atoms with E-state index in [1.165, 1.54) is 18.4 Å². The van der Waals surface area contributed by atoms with Crippen molar-refractivity contribution in [2.45, 2.75) is 50.4 Å². The minimum atomic E-state index is 0.374. The molecular formula is C16H21N3O. The molecule has 2 fully saturated rings. The number of piperidine rings is 1. The third-order valence-electron chi connectivity index (χ3n) is 4.67. The van der Waals surface area contributed by atoms with Gasteiger partial charge in [0.2, 0.25) is 0 Å². The molecule has 2 bridgehead atoms. The fourth-order valence-corrected chi connectivity index (χ4v) is 3.71. The van der Waals surface area contributed by atoms with E-state index >= 15 is 0 Å². The van der Waals surface area contributed by atoms with Crippen molar-refractivity contribution in [3.63, 3.8) is 0 Å². The van der Waals surface area contributed by atoms with Crippen molar-refractivity contribution in [3.8, 4) is 11.8 Å². The molecule has 2 aliphatic rings. The first kappa shape index (κ1) is 13.4. The van der Waals surface area contributed by atoms with E-state index in [4.69, 9.17) is 15.7 Å². The Labute approximate surface area is 120 Å². The van der Waals surface area contributed by atoms with Gasteiger partial charge >= 0.3 is 0 Å². The van der Waals surface area contributed by atoms with Crippen molar-refractivity contribution in [2.24, 2.45) is 5.73 Å². The van der Waals surface area contributed by atoms with Crippen molar-refractivity contribution in [1.29, 1.82) is 5.26 Å². The Bertz CT molecular complexity index is 523. The number of nitrogens with zero attached hydrogens (tertiary/aromatic N) is 2. The summed E-state index contributed by atoms with van der Waals surface area (Å²) in [6, 6.07) is 9.67. The van der Waals surface area contributed by atoms with E-state index in [9.17, 15) is 0 Å². The SMILES string of the molecule is COc1cc(CN2C3CCC2CC(N)C3)ccc1C#N. The predicted molar refractivity (Wildman–Crippen MR) is 77.3 cm³/mol. The van der Waals surface area contributed by atoms with Crippen LogP contribution in [0.15, 0.2) is 18.2 Å². The highest BCUT2D eigenvalue weighted by Crippen LogP contribution is 2.36. The van der Waals surface area contributed by atoms with E-state index in [2.05, 4.69) is 11.0 Å². The maximum Gasteiger partial charge on any atom is 0.136 e. The standard InChI is InChI=1S/C16H21N3O/c1-20-16-6-11(2-3-12(16)9-17)10-19-14-4-5-15(19)8-13(18)7-14/h2-3,6,13-15H,4-5,7-8,10,18H2,1H3. The van der Waals surface area contributed by atoms with Gasteiger partial charge in [0.1, 0.15) is 11.8 Å². The van der Waals surface area contributed by atoms with E-state index in [1.54, 1.807) is 7.11 Å². The Kier molecular flexibility index (Phi) is 3.64. The van der Waals surface area contributed by atoms with Crippen molar-refractivity contribution in [1.82, 2.24) is 4.90 Å². The second-order valence-corrected chi connectivity index (χ2v) is 5.94. The molecule has 1 aromatic rings. The van der Waals surface area contributed by atoms with E-state index in [-0.39, 0.29) is 0 Å². The number of hydrogen-bond donors (Lipinski definition) is 1.